The largest absolute Gasteiger partial charge is 0.478 e. The number of rotatable bonds is 5. The number of nitrogens with one attached hydrogen (secondary N) is 1. The van der Waals surface area contributed by atoms with E-state index in [1.165, 1.54) is 5.56 Å². The van der Waals surface area contributed by atoms with E-state index in [2.05, 4.69) is 5.32 Å². The molecule has 0 saturated heterocycles. The summed E-state index contributed by atoms with van der Waals surface area (Å²) in [5.41, 5.74) is 4.04. The molecule has 1 aromatic heterocycles. The molecule has 0 saturated carbocycles. The van der Waals surface area contributed by atoms with Gasteiger partial charge >= 0.3 is 5.69 Å². The first-order valence-electron chi connectivity index (χ1n) is 9.87. The summed E-state index contributed by atoms with van der Waals surface area (Å²) in [5.74, 6) is 0.371. The van der Waals surface area contributed by atoms with Crippen LogP contribution in [-0.4, -0.2) is 34.7 Å². The Kier molecular flexibility index (Phi) is 5.41. The number of aryl methyl sites for hydroxylation is 4. The molecule has 0 aliphatic heterocycles. The van der Waals surface area contributed by atoms with Gasteiger partial charge in [-0.25, -0.2) is 4.79 Å². The van der Waals surface area contributed by atoms with Gasteiger partial charge in [0, 0.05) is 28.2 Å². The zero-order chi connectivity index (χ0) is 22.4. The van der Waals surface area contributed by atoms with Gasteiger partial charge in [0.05, 0.1) is 22.4 Å². The van der Waals surface area contributed by atoms with E-state index in [1.54, 1.807) is 37.1 Å². The summed E-state index contributed by atoms with van der Waals surface area (Å²) in [7, 11) is 7.25. The first-order chi connectivity index (χ1) is 13.9. The van der Waals surface area contributed by atoms with Crippen LogP contribution >= 0.6 is 0 Å². The summed E-state index contributed by atoms with van der Waals surface area (Å²) < 4.78 is 9.19. The molecule has 1 N–H and O–H groups in total. The lowest BCUT2D eigenvalue weighted by molar-refractivity contribution is -0.128. The summed E-state index contributed by atoms with van der Waals surface area (Å²) in [6, 6.07) is 9.52. The standard InChI is InChI=1S/C23H30N4O3/c1-14-9-10-16(11-15(14)2)30-23(3,4)21(28)24-17-12-19-20(13-18(17)25(5)6)27(8)22(29)26(19)7/h9-13H,1-8H3,(H,24,28). The predicted octanol–water partition coefficient (Wildman–Crippen LogP) is 3.36. The minimum Gasteiger partial charge on any atom is -0.478 e. The first-order valence-corrected chi connectivity index (χ1v) is 9.87. The summed E-state index contributed by atoms with van der Waals surface area (Å²) in [6.07, 6.45) is 0. The van der Waals surface area contributed by atoms with E-state index < -0.39 is 5.60 Å². The topological polar surface area (TPSA) is 68.5 Å². The molecule has 0 aliphatic carbocycles. The zero-order valence-electron chi connectivity index (χ0n) is 19.0. The van der Waals surface area contributed by atoms with Crippen LogP contribution in [0.15, 0.2) is 35.1 Å². The van der Waals surface area contributed by atoms with Gasteiger partial charge in [-0.15, -0.1) is 0 Å². The third kappa shape index (κ3) is 3.79. The highest BCUT2D eigenvalue weighted by atomic mass is 16.5. The fourth-order valence-corrected chi connectivity index (χ4v) is 3.40. The lowest BCUT2D eigenvalue weighted by Gasteiger charge is -2.27. The Bertz CT molecular complexity index is 1190. The zero-order valence-corrected chi connectivity index (χ0v) is 19.0. The summed E-state index contributed by atoms with van der Waals surface area (Å²) in [4.78, 5) is 27.4. The lowest BCUT2D eigenvalue weighted by atomic mass is 10.1. The molecule has 7 heteroatoms. The van der Waals surface area contributed by atoms with E-state index in [-0.39, 0.29) is 11.6 Å². The summed E-state index contributed by atoms with van der Waals surface area (Å²) in [6.45, 7) is 7.53. The first kappa shape index (κ1) is 21.5. The minimum atomic E-state index is -1.09. The Morgan fingerprint density at radius 1 is 1.00 bits per heavy atom. The van der Waals surface area contributed by atoms with Crippen molar-refractivity contribution < 1.29 is 9.53 Å². The second-order valence-corrected chi connectivity index (χ2v) is 8.47. The number of carbonyl (C=O) groups excluding carboxylic acids is 1. The van der Waals surface area contributed by atoms with Gasteiger partial charge in [0.2, 0.25) is 0 Å². The Morgan fingerprint density at radius 2 is 1.60 bits per heavy atom. The predicted molar refractivity (Wildman–Crippen MR) is 122 cm³/mol. The number of carbonyl (C=O) groups is 1. The summed E-state index contributed by atoms with van der Waals surface area (Å²) >= 11 is 0. The van der Waals surface area contributed by atoms with Crippen LogP contribution in [-0.2, 0) is 18.9 Å². The van der Waals surface area contributed by atoms with E-state index in [1.807, 2.05) is 63.2 Å². The van der Waals surface area contributed by atoms with Crippen molar-refractivity contribution in [1.82, 2.24) is 9.13 Å². The fraction of sp³-hybridized carbons (Fsp3) is 0.391. The van der Waals surface area contributed by atoms with E-state index >= 15 is 0 Å². The molecule has 0 unspecified atom stereocenters. The van der Waals surface area contributed by atoms with Gasteiger partial charge in [0.1, 0.15) is 5.75 Å². The number of nitrogens with zero attached hydrogens (tertiary/aromatic N) is 3. The molecule has 0 atom stereocenters. The van der Waals surface area contributed by atoms with Crippen molar-refractivity contribution in [2.75, 3.05) is 24.3 Å². The van der Waals surface area contributed by atoms with E-state index in [0.717, 1.165) is 22.3 Å². The van der Waals surface area contributed by atoms with Crippen molar-refractivity contribution in [3.8, 4) is 5.75 Å². The van der Waals surface area contributed by atoms with Gasteiger partial charge in [-0.05, 0) is 63.1 Å². The van der Waals surface area contributed by atoms with Crippen LogP contribution in [0, 0.1) is 13.8 Å². The van der Waals surface area contributed by atoms with E-state index in [9.17, 15) is 9.59 Å². The third-order valence-electron chi connectivity index (χ3n) is 5.52. The van der Waals surface area contributed by atoms with Crippen LogP contribution in [0.4, 0.5) is 11.4 Å². The van der Waals surface area contributed by atoms with Crippen LogP contribution in [0.3, 0.4) is 0 Å². The average molecular weight is 411 g/mol. The number of aromatic nitrogens is 2. The Morgan fingerprint density at radius 3 is 2.17 bits per heavy atom. The highest BCUT2D eigenvalue weighted by Gasteiger charge is 2.31. The normalized spacial score (nSPS) is 11.6. The van der Waals surface area contributed by atoms with E-state index in [4.69, 9.17) is 4.74 Å². The maximum Gasteiger partial charge on any atom is 0.328 e. The van der Waals surface area contributed by atoms with Crippen molar-refractivity contribution in [2.45, 2.75) is 33.3 Å². The third-order valence-corrected chi connectivity index (χ3v) is 5.52. The van der Waals surface area contributed by atoms with Gasteiger partial charge < -0.3 is 15.0 Å². The second-order valence-electron chi connectivity index (χ2n) is 8.47. The molecular formula is C23H30N4O3. The maximum atomic E-state index is 13.1. The molecule has 3 rings (SSSR count). The smallest absolute Gasteiger partial charge is 0.328 e. The average Bonchev–Trinajstić information content (AvgIpc) is 2.87. The molecule has 160 valence electrons. The lowest BCUT2D eigenvalue weighted by Crippen LogP contribution is -2.42. The van der Waals surface area contributed by atoms with Gasteiger partial charge in [-0.2, -0.15) is 0 Å². The molecule has 0 aliphatic rings. The van der Waals surface area contributed by atoms with Gasteiger partial charge in [0.25, 0.3) is 5.91 Å². The van der Waals surface area contributed by atoms with Crippen LogP contribution in [0.25, 0.3) is 11.0 Å². The molecular weight excluding hydrogens is 380 g/mol. The molecule has 30 heavy (non-hydrogen) atoms. The molecule has 0 radical (unpaired) electrons. The Labute approximate surface area is 176 Å². The van der Waals surface area contributed by atoms with Gasteiger partial charge in [-0.3, -0.25) is 13.9 Å². The number of hydrogen-bond acceptors (Lipinski definition) is 4. The van der Waals surface area contributed by atoms with Crippen LogP contribution in [0.5, 0.6) is 5.75 Å². The van der Waals surface area contributed by atoms with Gasteiger partial charge in [0.15, 0.2) is 5.60 Å². The molecule has 0 bridgehead atoms. The van der Waals surface area contributed by atoms with Crippen LogP contribution in [0.1, 0.15) is 25.0 Å². The molecule has 0 fully saturated rings. The van der Waals surface area contributed by atoms with Crippen molar-refractivity contribution in [3.05, 3.63) is 51.9 Å². The minimum absolute atomic E-state index is 0.114. The monoisotopic (exact) mass is 410 g/mol. The molecule has 3 aromatic rings. The Balaban J connectivity index is 1.96. The van der Waals surface area contributed by atoms with Crippen molar-refractivity contribution in [2.24, 2.45) is 14.1 Å². The quantitative estimate of drug-likeness (QED) is 0.700. The highest BCUT2D eigenvalue weighted by molar-refractivity contribution is 6.02. The van der Waals surface area contributed by atoms with Crippen molar-refractivity contribution in [1.29, 1.82) is 0 Å². The van der Waals surface area contributed by atoms with Crippen molar-refractivity contribution in [3.63, 3.8) is 0 Å². The number of amides is 1. The molecule has 1 heterocycles. The number of anilines is 2. The van der Waals surface area contributed by atoms with Crippen LogP contribution < -0.4 is 20.6 Å². The number of fused-ring (bicyclic) bond motifs is 1. The molecule has 7 nitrogen and oxygen atoms in total. The number of hydrogen-bond donors (Lipinski definition) is 1. The number of imidazole rings is 1. The number of benzene rings is 2. The van der Waals surface area contributed by atoms with E-state index in [0.29, 0.717) is 11.4 Å². The van der Waals surface area contributed by atoms with Crippen LogP contribution in [0.2, 0.25) is 0 Å². The van der Waals surface area contributed by atoms with Gasteiger partial charge in [-0.1, -0.05) is 6.07 Å². The SMILES string of the molecule is Cc1ccc(OC(C)(C)C(=O)Nc2cc3c(cc2N(C)C)n(C)c(=O)n3C)cc1C. The fourth-order valence-electron chi connectivity index (χ4n) is 3.40. The van der Waals surface area contributed by atoms with Crippen molar-refractivity contribution >= 4 is 28.3 Å². The second kappa shape index (κ2) is 7.55. The summed E-state index contributed by atoms with van der Waals surface area (Å²) in [5, 5.41) is 3.00. The highest BCUT2D eigenvalue weighted by Crippen LogP contribution is 2.31. The molecule has 0 spiro atoms. The molecule has 2 aromatic carbocycles. The number of ether oxygens (including phenoxy) is 1. The maximum absolute atomic E-state index is 13.1. The molecule has 1 amide bonds. The Hall–Kier alpha value is -3.22.